The summed E-state index contributed by atoms with van der Waals surface area (Å²) >= 11 is 1.67. The van der Waals surface area contributed by atoms with Gasteiger partial charge in [0.05, 0.1) is 12.1 Å². The molecule has 2 aliphatic heterocycles. The van der Waals surface area contributed by atoms with E-state index in [0.717, 1.165) is 42.3 Å². The number of thiazole rings is 1. The van der Waals surface area contributed by atoms with Crippen molar-refractivity contribution >= 4 is 29.1 Å². The maximum Gasteiger partial charge on any atom is 0.196 e. The second-order valence-electron chi connectivity index (χ2n) is 6.28. The molecule has 2 aromatic rings. The van der Waals surface area contributed by atoms with Crippen LogP contribution in [0.5, 0.6) is 0 Å². The lowest BCUT2D eigenvalue weighted by molar-refractivity contribution is 0.283. The van der Waals surface area contributed by atoms with Crippen LogP contribution in [0.3, 0.4) is 0 Å². The minimum Gasteiger partial charge on any atom is -0.317 e. The standard InChI is InChI=1S/C17H21N4S/c1-2-4-17-16(3-1)19-12-21(17,10-15-11-22-13-20-15)9-14-5-7-18-8-6-14/h1-4,11-14,18H,5-10H2/q+1. The normalized spacial score (nSPS) is 24.5. The fourth-order valence-electron chi connectivity index (χ4n) is 3.65. The van der Waals surface area contributed by atoms with Crippen molar-refractivity contribution in [1.29, 1.82) is 0 Å². The average molecular weight is 313 g/mol. The molecule has 1 aromatic heterocycles. The Morgan fingerprint density at radius 1 is 1.23 bits per heavy atom. The van der Waals surface area contributed by atoms with Crippen LogP contribution in [0.2, 0.25) is 0 Å². The first-order valence-electron chi connectivity index (χ1n) is 7.95. The maximum atomic E-state index is 4.71. The second-order valence-corrected chi connectivity index (χ2v) is 7.00. The van der Waals surface area contributed by atoms with Crippen LogP contribution in [0.1, 0.15) is 18.5 Å². The third-order valence-electron chi connectivity index (χ3n) is 4.75. The van der Waals surface area contributed by atoms with Crippen molar-refractivity contribution in [3.63, 3.8) is 0 Å². The highest BCUT2D eigenvalue weighted by molar-refractivity contribution is 7.07. The zero-order chi connectivity index (χ0) is 14.8. The summed E-state index contributed by atoms with van der Waals surface area (Å²) in [4.78, 5) is 9.23. The molecule has 0 radical (unpaired) electrons. The van der Waals surface area contributed by atoms with Crippen molar-refractivity contribution < 1.29 is 0 Å². The summed E-state index contributed by atoms with van der Waals surface area (Å²) in [5.41, 5.74) is 5.54. The van der Waals surface area contributed by atoms with Gasteiger partial charge in [0.15, 0.2) is 12.0 Å². The molecule has 4 rings (SSSR count). The van der Waals surface area contributed by atoms with Gasteiger partial charge in [0.25, 0.3) is 0 Å². The minimum atomic E-state index is 0.748. The topological polar surface area (TPSA) is 37.3 Å². The van der Waals surface area contributed by atoms with Crippen LogP contribution < -0.4 is 9.80 Å². The van der Waals surface area contributed by atoms with E-state index >= 15 is 0 Å². The van der Waals surface area contributed by atoms with Gasteiger partial charge in [-0.2, -0.15) is 4.99 Å². The highest BCUT2D eigenvalue weighted by Gasteiger charge is 2.39. The van der Waals surface area contributed by atoms with E-state index in [-0.39, 0.29) is 0 Å². The first kappa shape index (κ1) is 14.1. The largest absolute Gasteiger partial charge is 0.317 e. The number of quaternary nitrogens is 1. The molecular weight excluding hydrogens is 292 g/mol. The Labute approximate surface area is 135 Å². The number of nitrogens with one attached hydrogen (secondary N) is 1. The van der Waals surface area contributed by atoms with Crippen molar-refractivity contribution in [2.75, 3.05) is 19.6 Å². The van der Waals surface area contributed by atoms with E-state index in [2.05, 4.69) is 46.3 Å². The van der Waals surface area contributed by atoms with Crippen LogP contribution in [0.25, 0.3) is 0 Å². The highest BCUT2D eigenvalue weighted by atomic mass is 32.1. The fraction of sp³-hybridized carbons (Fsp3) is 0.412. The molecule has 3 heterocycles. The van der Waals surface area contributed by atoms with Gasteiger partial charge in [-0.3, -0.25) is 0 Å². The molecule has 1 fully saturated rings. The fourth-order valence-corrected chi connectivity index (χ4v) is 4.20. The zero-order valence-corrected chi connectivity index (χ0v) is 13.4. The van der Waals surface area contributed by atoms with Crippen molar-refractivity contribution in [3.05, 3.63) is 40.8 Å². The monoisotopic (exact) mass is 313 g/mol. The zero-order valence-electron chi connectivity index (χ0n) is 12.6. The third-order valence-corrected chi connectivity index (χ3v) is 5.38. The molecule has 0 spiro atoms. The molecule has 2 aliphatic rings. The van der Waals surface area contributed by atoms with Gasteiger partial charge in [0.1, 0.15) is 17.9 Å². The molecule has 1 saturated heterocycles. The first-order valence-corrected chi connectivity index (χ1v) is 8.89. The number of para-hydroxylation sites is 2. The summed E-state index contributed by atoms with van der Waals surface area (Å²) in [5.74, 6) is 0.748. The van der Waals surface area contributed by atoms with Gasteiger partial charge in [-0.05, 0) is 32.0 Å². The quantitative estimate of drug-likeness (QED) is 0.879. The van der Waals surface area contributed by atoms with Crippen LogP contribution in [-0.4, -0.2) is 31.0 Å². The van der Waals surface area contributed by atoms with Crippen molar-refractivity contribution in [1.82, 2.24) is 14.8 Å². The van der Waals surface area contributed by atoms with Gasteiger partial charge in [-0.1, -0.05) is 12.1 Å². The molecule has 114 valence electrons. The molecule has 1 unspecified atom stereocenters. The average Bonchev–Trinajstić information content (AvgIpc) is 3.18. The van der Waals surface area contributed by atoms with Crippen LogP contribution in [0.15, 0.2) is 40.1 Å². The molecule has 1 aromatic carbocycles. The number of aromatic nitrogens is 1. The molecule has 5 heteroatoms. The van der Waals surface area contributed by atoms with E-state index in [4.69, 9.17) is 4.99 Å². The molecule has 0 bridgehead atoms. The SMILES string of the molecule is C1=Nc2ccccc2[N+]1(Cc1cscn1)CC1CCNCC1. The highest BCUT2D eigenvalue weighted by Crippen LogP contribution is 2.40. The lowest BCUT2D eigenvalue weighted by Gasteiger charge is -2.35. The van der Waals surface area contributed by atoms with Crippen LogP contribution >= 0.6 is 11.3 Å². The summed E-state index contributed by atoms with van der Waals surface area (Å²) in [5, 5.41) is 5.63. The summed E-state index contributed by atoms with van der Waals surface area (Å²) in [6, 6.07) is 8.55. The Hall–Kier alpha value is -1.56. The lowest BCUT2D eigenvalue weighted by atomic mass is 9.96. The van der Waals surface area contributed by atoms with E-state index in [9.17, 15) is 0 Å². The van der Waals surface area contributed by atoms with Crippen LogP contribution in [0.4, 0.5) is 11.4 Å². The van der Waals surface area contributed by atoms with Crippen LogP contribution in [-0.2, 0) is 6.54 Å². The Balaban J connectivity index is 1.67. The van der Waals surface area contributed by atoms with Crippen molar-refractivity contribution in [2.45, 2.75) is 19.4 Å². The van der Waals surface area contributed by atoms with Gasteiger partial charge in [0, 0.05) is 17.4 Å². The summed E-state index contributed by atoms with van der Waals surface area (Å²) in [7, 11) is 0. The molecule has 0 amide bonds. The summed E-state index contributed by atoms with van der Waals surface area (Å²) < 4.78 is 0.824. The van der Waals surface area contributed by atoms with E-state index < -0.39 is 0 Å². The van der Waals surface area contributed by atoms with Gasteiger partial charge in [-0.15, -0.1) is 11.3 Å². The number of hydrogen-bond acceptors (Lipinski definition) is 4. The smallest absolute Gasteiger partial charge is 0.196 e. The Morgan fingerprint density at radius 3 is 2.91 bits per heavy atom. The minimum absolute atomic E-state index is 0.748. The number of fused-ring (bicyclic) bond motifs is 1. The molecule has 1 N–H and O–H groups in total. The Morgan fingerprint density at radius 2 is 2.09 bits per heavy atom. The first-order chi connectivity index (χ1) is 10.9. The molecule has 22 heavy (non-hydrogen) atoms. The number of rotatable bonds is 4. The van der Waals surface area contributed by atoms with E-state index in [0.29, 0.717) is 0 Å². The maximum absolute atomic E-state index is 4.71. The third kappa shape index (κ3) is 2.60. The van der Waals surface area contributed by atoms with Crippen molar-refractivity contribution in [2.24, 2.45) is 10.9 Å². The summed E-state index contributed by atoms with van der Waals surface area (Å²) in [6.45, 7) is 4.31. The predicted molar refractivity (Wildman–Crippen MR) is 92.7 cm³/mol. The van der Waals surface area contributed by atoms with Gasteiger partial charge in [0.2, 0.25) is 0 Å². The number of benzene rings is 1. The van der Waals surface area contributed by atoms with Crippen molar-refractivity contribution in [3.8, 4) is 0 Å². The van der Waals surface area contributed by atoms with E-state index in [1.807, 2.05) is 5.51 Å². The Bertz CT molecular complexity index is 661. The number of hydrogen-bond donors (Lipinski definition) is 1. The number of piperidine rings is 1. The van der Waals surface area contributed by atoms with Gasteiger partial charge < -0.3 is 5.32 Å². The predicted octanol–water partition coefficient (Wildman–Crippen LogP) is 3.32. The molecule has 4 nitrogen and oxygen atoms in total. The second kappa shape index (κ2) is 5.91. The summed E-state index contributed by atoms with van der Waals surface area (Å²) in [6.07, 6.45) is 4.66. The van der Waals surface area contributed by atoms with Gasteiger partial charge in [-0.25, -0.2) is 9.47 Å². The molecular formula is C17H21N4S+. The molecule has 0 saturated carbocycles. The van der Waals surface area contributed by atoms with E-state index in [1.165, 1.54) is 24.2 Å². The number of nitrogens with zero attached hydrogens (tertiary/aromatic N) is 3. The number of aliphatic imine (C=N–C) groups is 1. The van der Waals surface area contributed by atoms with Gasteiger partial charge >= 0.3 is 0 Å². The van der Waals surface area contributed by atoms with E-state index in [1.54, 1.807) is 11.3 Å². The molecule has 1 atom stereocenters. The van der Waals surface area contributed by atoms with Crippen LogP contribution in [0, 0.1) is 5.92 Å². The molecule has 0 aliphatic carbocycles. The lowest BCUT2D eigenvalue weighted by Crippen LogP contribution is -2.50. The Kier molecular flexibility index (Phi) is 3.78.